The molecule has 19 heteroatoms. The second-order valence-electron chi connectivity index (χ2n) is 23.9. The molecule has 3 saturated heterocycles. The van der Waals surface area contributed by atoms with E-state index in [0.29, 0.717) is 12.8 Å². The van der Waals surface area contributed by atoms with Gasteiger partial charge in [0.15, 0.2) is 18.9 Å². The second-order valence-corrected chi connectivity index (χ2v) is 23.9. The van der Waals surface area contributed by atoms with Gasteiger partial charge in [0.1, 0.15) is 73.2 Å². The Hall–Kier alpha value is -1.99. The maximum atomic E-state index is 13.4. The van der Waals surface area contributed by atoms with Crippen LogP contribution in [0, 0.1) is 0 Å². The molecule has 0 bridgehead atoms. The van der Waals surface area contributed by atoms with Crippen molar-refractivity contribution in [1.29, 1.82) is 0 Å². The Labute approximate surface area is 504 Å². The minimum atomic E-state index is -1.97. The van der Waals surface area contributed by atoms with Crippen LogP contribution in [0.15, 0.2) is 36.5 Å². The van der Waals surface area contributed by atoms with E-state index in [9.17, 15) is 61.0 Å². The van der Waals surface area contributed by atoms with Crippen LogP contribution >= 0.6 is 0 Å². The van der Waals surface area contributed by atoms with E-state index < -0.39 is 124 Å². The largest absolute Gasteiger partial charge is 0.394 e. The minimum Gasteiger partial charge on any atom is -0.394 e. The topological polar surface area (TPSA) is 307 Å². The average Bonchev–Trinajstić information content (AvgIpc) is 2.76. The summed E-state index contributed by atoms with van der Waals surface area (Å²) >= 11 is 0. The van der Waals surface area contributed by atoms with Crippen molar-refractivity contribution in [3.63, 3.8) is 0 Å². The van der Waals surface area contributed by atoms with E-state index in [4.69, 9.17) is 28.4 Å². The summed E-state index contributed by atoms with van der Waals surface area (Å²) in [5.74, 6) is -0.254. The third-order valence-electron chi connectivity index (χ3n) is 16.7. The van der Waals surface area contributed by atoms with Gasteiger partial charge < -0.3 is 89.9 Å². The van der Waals surface area contributed by atoms with Crippen LogP contribution in [0.1, 0.15) is 239 Å². The van der Waals surface area contributed by atoms with Gasteiger partial charge >= 0.3 is 0 Å². The Morgan fingerprint density at radius 1 is 0.429 bits per heavy atom. The molecule has 0 radical (unpaired) electrons. The molecule has 0 aromatic carbocycles. The first kappa shape index (κ1) is 76.3. The van der Waals surface area contributed by atoms with Gasteiger partial charge in [-0.15, -0.1) is 0 Å². The van der Waals surface area contributed by atoms with Crippen LogP contribution in [0.4, 0.5) is 0 Å². The monoisotopic (exact) mass is 1200 g/mol. The smallest absolute Gasteiger partial charge is 0.220 e. The molecule has 1 amide bonds. The van der Waals surface area contributed by atoms with Crippen molar-refractivity contribution in [3.8, 4) is 0 Å². The lowest BCUT2D eigenvalue weighted by Crippen LogP contribution is -2.66. The molecule has 3 aliphatic rings. The Kier molecular flexibility index (Phi) is 43.5. The number of carbonyl (C=O) groups is 1. The summed E-state index contributed by atoms with van der Waals surface area (Å²) in [6.07, 6.45) is 26.4. The Morgan fingerprint density at radius 3 is 1.23 bits per heavy atom. The van der Waals surface area contributed by atoms with Gasteiger partial charge in [-0.05, 0) is 51.4 Å². The Bertz CT molecular complexity index is 1670. The van der Waals surface area contributed by atoms with Gasteiger partial charge in [0, 0.05) is 6.42 Å². The molecule has 3 aliphatic heterocycles. The number of amides is 1. The number of nitrogens with one attached hydrogen (secondary N) is 1. The number of hydrogen-bond acceptors (Lipinski definition) is 18. The number of aliphatic hydroxyl groups is 11. The molecule has 3 heterocycles. The maximum absolute atomic E-state index is 13.4. The van der Waals surface area contributed by atoms with Crippen molar-refractivity contribution >= 4 is 5.91 Å². The average molecular weight is 1200 g/mol. The quantitative estimate of drug-likeness (QED) is 0.0205. The standard InChI is InChI=1S/C65H119NO18/c1-3-5-7-9-11-13-15-17-19-21-23-24-25-27-29-31-33-35-37-39-41-43-53(71)66-48(49(70)42-40-38-36-34-32-30-28-26-22-20-18-16-14-12-10-8-6-4-2)47-79-63-59(77)56(74)61(51(45-68)81-63)84-65-60(78)57(75)62(52(46-69)82-65)83-64-58(76)55(73)54(72)50(44-67)80-64/h15,17,21,23,25,27,48-52,54-65,67-70,72-78H,3-14,16,18-20,22,24,26,28-47H2,1-2H3,(H,66,71)/b17-15-,23-21-,27-25-. The van der Waals surface area contributed by atoms with Crippen molar-refractivity contribution in [2.45, 2.75) is 343 Å². The summed E-state index contributed by atoms with van der Waals surface area (Å²) in [4.78, 5) is 13.4. The highest BCUT2D eigenvalue weighted by atomic mass is 16.8. The zero-order valence-corrected chi connectivity index (χ0v) is 51.6. The van der Waals surface area contributed by atoms with Crippen LogP contribution < -0.4 is 5.32 Å². The van der Waals surface area contributed by atoms with E-state index >= 15 is 0 Å². The molecule has 3 rings (SSSR count). The molecular formula is C65H119NO18. The number of hydrogen-bond donors (Lipinski definition) is 12. The van der Waals surface area contributed by atoms with Gasteiger partial charge in [-0.25, -0.2) is 0 Å². The van der Waals surface area contributed by atoms with Crippen LogP contribution in [-0.2, 0) is 33.2 Å². The van der Waals surface area contributed by atoms with Crippen molar-refractivity contribution in [2.75, 3.05) is 26.4 Å². The molecule has 3 fully saturated rings. The molecule has 0 spiro atoms. The van der Waals surface area contributed by atoms with Gasteiger partial charge in [-0.3, -0.25) is 4.79 Å². The molecule has 12 N–H and O–H groups in total. The summed E-state index contributed by atoms with van der Waals surface area (Å²) in [6.45, 7) is 1.79. The van der Waals surface area contributed by atoms with Crippen LogP contribution in [0.3, 0.4) is 0 Å². The molecule has 0 aromatic rings. The fourth-order valence-electron chi connectivity index (χ4n) is 11.3. The number of rotatable bonds is 50. The normalized spacial score (nSPS) is 29.4. The highest BCUT2D eigenvalue weighted by Crippen LogP contribution is 2.33. The van der Waals surface area contributed by atoms with E-state index in [0.717, 1.165) is 77.0 Å². The lowest BCUT2D eigenvalue weighted by Gasteiger charge is -2.48. The molecular weight excluding hydrogens is 1080 g/mol. The van der Waals surface area contributed by atoms with Gasteiger partial charge in [-0.1, -0.05) is 217 Å². The molecule has 17 unspecified atom stereocenters. The fraction of sp³-hybridized carbons (Fsp3) is 0.892. The Morgan fingerprint density at radius 2 is 0.786 bits per heavy atom. The van der Waals surface area contributed by atoms with Crippen molar-refractivity contribution in [3.05, 3.63) is 36.5 Å². The number of carbonyl (C=O) groups excluding carboxylic acids is 1. The third kappa shape index (κ3) is 30.5. The lowest BCUT2D eigenvalue weighted by molar-refractivity contribution is -0.379. The summed E-state index contributed by atoms with van der Waals surface area (Å²) in [5, 5.41) is 121. The second kappa shape index (κ2) is 47.9. The fourth-order valence-corrected chi connectivity index (χ4v) is 11.3. The zero-order valence-electron chi connectivity index (χ0n) is 51.6. The number of aliphatic hydroxyl groups excluding tert-OH is 11. The van der Waals surface area contributed by atoms with Gasteiger partial charge in [0.05, 0.1) is 38.6 Å². The van der Waals surface area contributed by atoms with Crippen LogP contribution in [0.5, 0.6) is 0 Å². The van der Waals surface area contributed by atoms with E-state index in [1.807, 2.05) is 0 Å². The Balaban J connectivity index is 1.47. The summed E-state index contributed by atoms with van der Waals surface area (Å²) < 4.78 is 34.4. The predicted octanol–water partition coefficient (Wildman–Crippen LogP) is 7.66. The van der Waals surface area contributed by atoms with Gasteiger partial charge in [0.25, 0.3) is 0 Å². The number of ether oxygens (including phenoxy) is 6. The SMILES string of the molecule is CCCCCCC/C=C\C/C=C\C/C=C\CCCCCCCCC(=O)NC(COC1OC(CO)C(OC2OC(CO)C(OC3OC(CO)C(O)C(O)C3O)C(O)C2O)C(O)C1O)C(O)CCCCCCCCCCCCCCCCCCCC. The maximum Gasteiger partial charge on any atom is 0.220 e. The summed E-state index contributed by atoms with van der Waals surface area (Å²) in [5.41, 5.74) is 0. The highest BCUT2D eigenvalue weighted by Gasteiger charge is 2.53. The summed E-state index contributed by atoms with van der Waals surface area (Å²) in [6, 6.07) is -0.895. The highest BCUT2D eigenvalue weighted by molar-refractivity contribution is 5.76. The number of allylic oxidation sites excluding steroid dienone is 6. The zero-order chi connectivity index (χ0) is 61.2. The van der Waals surface area contributed by atoms with Gasteiger partial charge in [-0.2, -0.15) is 0 Å². The van der Waals surface area contributed by atoms with E-state index in [2.05, 4.69) is 55.6 Å². The van der Waals surface area contributed by atoms with Crippen molar-refractivity contribution in [2.24, 2.45) is 0 Å². The van der Waals surface area contributed by atoms with Crippen molar-refractivity contribution in [1.82, 2.24) is 5.32 Å². The first-order valence-corrected chi connectivity index (χ1v) is 33.2. The lowest BCUT2D eigenvalue weighted by atomic mass is 9.96. The minimum absolute atomic E-state index is 0.252. The number of unbranched alkanes of at least 4 members (excludes halogenated alkanes) is 28. The molecule has 0 saturated carbocycles. The summed E-state index contributed by atoms with van der Waals surface area (Å²) in [7, 11) is 0. The van der Waals surface area contributed by atoms with Crippen LogP contribution in [0.25, 0.3) is 0 Å². The van der Waals surface area contributed by atoms with E-state index in [-0.39, 0.29) is 18.9 Å². The van der Waals surface area contributed by atoms with Gasteiger partial charge in [0.2, 0.25) is 5.91 Å². The van der Waals surface area contributed by atoms with E-state index in [1.54, 1.807) is 0 Å². The molecule has 0 aliphatic carbocycles. The molecule has 84 heavy (non-hydrogen) atoms. The van der Waals surface area contributed by atoms with Crippen LogP contribution in [-0.4, -0.2) is 193 Å². The van der Waals surface area contributed by atoms with E-state index in [1.165, 1.54) is 128 Å². The first-order chi connectivity index (χ1) is 40.8. The molecule has 492 valence electrons. The molecule has 0 aromatic heterocycles. The first-order valence-electron chi connectivity index (χ1n) is 33.2. The van der Waals surface area contributed by atoms with Crippen molar-refractivity contribution < 1.29 is 89.4 Å². The molecule has 17 atom stereocenters. The predicted molar refractivity (Wildman–Crippen MR) is 323 cm³/mol. The van der Waals surface area contributed by atoms with Crippen LogP contribution in [0.2, 0.25) is 0 Å². The molecule has 19 nitrogen and oxygen atoms in total. The third-order valence-corrected chi connectivity index (χ3v) is 16.7.